The zero-order chi connectivity index (χ0) is 13.8. The van der Waals surface area contributed by atoms with E-state index < -0.39 is 21.5 Å². The fourth-order valence-electron chi connectivity index (χ4n) is 1.59. The number of hydrogen-bond acceptors (Lipinski definition) is 4. The molecule has 0 radical (unpaired) electrons. The van der Waals surface area contributed by atoms with Crippen molar-refractivity contribution in [2.45, 2.75) is 25.2 Å². The summed E-state index contributed by atoms with van der Waals surface area (Å²) in [4.78, 5) is 11.6. The van der Waals surface area contributed by atoms with Gasteiger partial charge in [-0.15, -0.1) is 0 Å². The molecular formula is C12H18N2O3S. The molecule has 1 rings (SSSR count). The molecule has 3 N–H and O–H groups in total. The Kier molecular flexibility index (Phi) is 4.72. The van der Waals surface area contributed by atoms with E-state index in [1.54, 1.807) is 13.0 Å². The van der Waals surface area contributed by atoms with Crippen LogP contribution in [0.3, 0.4) is 0 Å². The monoisotopic (exact) mass is 270 g/mol. The Balaban J connectivity index is 2.90. The van der Waals surface area contributed by atoms with Gasteiger partial charge in [-0.3, -0.25) is 4.79 Å². The second-order valence-electron chi connectivity index (χ2n) is 4.13. The molecule has 0 aromatic heterocycles. The summed E-state index contributed by atoms with van der Waals surface area (Å²) in [6, 6.07) is 4.54. The van der Waals surface area contributed by atoms with Crippen molar-refractivity contribution in [1.29, 1.82) is 0 Å². The molecule has 0 saturated carbocycles. The third-order valence-electron chi connectivity index (χ3n) is 2.43. The van der Waals surface area contributed by atoms with Gasteiger partial charge in [-0.2, -0.15) is 0 Å². The number of carbonyl (C=O) groups excluding carboxylic acids is 1. The first kappa shape index (κ1) is 14.5. The Bertz CT molecular complexity index is 538. The van der Waals surface area contributed by atoms with Gasteiger partial charge in [-0.05, 0) is 37.1 Å². The van der Waals surface area contributed by atoms with Gasteiger partial charge in [-0.1, -0.05) is 6.92 Å². The number of sulfone groups is 1. The maximum absolute atomic E-state index is 12.0. The second-order valence-corrected chi connectivity index (χ2v) is 6.09. The van der Waals surface area contributed by atoms with Crippen LogP contribution in [-0.2, 0) is 14.6 Å². The zero-order valence-corrected chi connectivity index (χ0v) is 11.4. The summed E-state index contributed by atoms with van der Waals surface area (Å²) in [7, 11) is -3.60. The van der Waals surface area contributed by atoms with Crippen molar-refractivity contribution in [1.82, 2.24) is 5.32 Å². The van der Waals surface area contributed by atoms with Crippen LogP contribution in [0.15, 0.2) is 23.1 Å². The third kappa shape index (κ3) is 3.73. The van der Waals surface area contributed by atoms with Gasteiger partial charge in [0.25, 0.3) is 0 Å². The van der Waals surface area contributed by atoms with Gasteiger partial charge in [0.15, 0.2) is 9.84 Å². The normalized spacial score (nSPS) is 11.2. The number of hydrogen-bond donors (Lipinski definition) is 2. The average molecular weight is 270 g/mol. The van der Waals surface area contributed by atoms with Gasteiger partial charge in [0, 0.05) is 12.2 Å². The molecule has 1 amide bonds. The van der Waals surface area contributed by atoms with E-state index in [9.17, 15) is 13.2 Å². The highest BCUT2D eigenvalue weighted by molar-refractivity contribution is 7.92. The molecule has 0 bridgehead atoms. The first-order valence-electron chi connectivity index (χ1n) is 5.72. The summed E-state index contributed by atoms with van der Waals surface area (Å²) in [6.07, 6.45) is 0.771. The molecule has 0 spiro atoms. The number of anilines is 1. The Morgan fingerprint density at radius 1 is 1.39 bits per heavy atom. The highest BCUT2D eigenvalue weighted by Crippen LogP contribution is 2.19. The van der Waals surface area contributed by atoms with Crippen LogP contribution < -0.4 is 11.1 Å². The van der Waals surface area contributed by atoms with Gasteiger partial charge in [-0.25, -0.2) is 8.42 Å². The number of rotatable bonds is 5. The predicted molar refractivity (Wildman–Crippen MR) is 70.9 cm³/mol. The summed E-state index contributed by atoms with van der Waals surface area (Å²) >= 11 is 0. The number of amides is 1. The highest BCUT2D eigenvalue weighted by Gasteiger charge is 2.20. The lowest BCUT2D eigenvalue weighted by Gasteiger charge is -2.08. The number of aryl methyl sites for hydroxylation is 1. The van der Waals surface area contributed by atoms with Crippen molar-refractivity contribution < 1.29 is 13.2 Å². The fraction of sp³-hybridized carbons (Fsp3) is 0.417. The van der Waals surface area contributed by atoms with Crippen LogP contribution in [-0.4, -0.2) is 26.6 Å². The molecule has 6 heteroatoms. The molecule has 0 unspecified atom stereocenters. The number of nitrogen functional groups attached to an aromatic ring is 1. The van der Waals surface area contributed by atoms with Crippen LogP contribution >= 0.6 is 0 Å². The molecule has 18 heavy (non-hydrogen) atoms. The number of nitrogens with one attached hydrogen (secondary N) is 1. The van der Waals surface area contributed by atoms with Gasteiger partial charge >= 0.3 is 0 Å². The second kappa shape index (κ2) is 5.86. The number of carbonyl (C=O) groups is 1. The Morgan fingerprint density at radius 2 is 2.06 bits per heavy atom. The lowest BCUT2D eigenvalue weighted by molar-refractivity contribution is -0.118. The summed E-state index contributed by atoms with van der Waals surface area (Å²) in [5, 5.41) is 2.55. The van der Waals surface area contributed by atoms with Gasteiger partial charge in [0.05, 0.1) is 4.90 Å². The maximum Gasteiger partial charge on any atom is 0.235 e. The van der Waals surface area contributed by atoms with Gasteiger partial charge < -0.3 is 11.1 Å². The predicted octanol–water partition coefficient (Wildman–Crippen LogP) is 0.877. The largest absolute Gasteiger partial charge is 0.399 e. The van der Waals surface area contributed by atoms with E-state index in [1.165, 1.54) is 12.1 Å². The van der Waals surface area contributed by atoms with E-state index in [1.807, 2.05) is 6.92 Å². The molecule has 5 nitrogen and oxygen atoms in total. The Labute approximate surface area is 107 Å². The van der Waals surface area contributed by atoms with Crippen molar-refractivity contribution in [3.05, 3.63) is 23.8 Å². The van der Waals surface area contributed by atoms with Crippen LogP contribution in [0.25, 0.3) is 0 Å². The van der Waals surface area contributed by atoms with E-state index in [4.69, 9.17) is 5.73 Å². The molecule has 0 heterocycles. The SMILES string of the molecule is CCCNC(=O)CS(=O)(=O)c1ccc(N)cc1C. The Hall–Kier alpha value is -1.56. The van der Waals surface area contributed by atoms with E-state index in [0.29, 0.717) is 17.8 Å². The van der Waals surface area contributed by atoms with Crippen molar-refractivity contribution in [3.8, 4) is 0 Å². The van der Waals surface area contributed by atoms with Crippen LogP contribution in [0.2, 0.25) is 0 Å². The molecule has 0 fully saturated rings. The third-order valence-corrected chi connectivity index (χ3v) is 4.20. The van der Waals surface area contributed by atoms with Crippen LogP contribution in [0.1, 0.15) is 18.9 Å². The smallest absolute Gasteiger partial charge is 0.235 e. The zero-order valence-electron chi connectivity index (χ0n) is 10.6. The highest BCUT2D eigenvalue weighted by atomic mass is 32.2. The summed E-state index contributed by atoms with van der Waals surface area (Å²) in [5.74, 6) is -1.01. The van der Waals surface area contributed by atoms with Crippen LogP contribution in [0.4, 0.5) is 5.69 Å². The number of nitrogens with two attached hydrogens (primary N) is 1. The molecule has 1 aromatic carbocycles. The van der Waals surface area contributed by atoms with Crippen molar-refractivity contribution in [2.24, 2.45) is 0 Å². The van der Waals surface area contributed by atoms with Gasteiger partial charge in [0.2, 0.25) is 5.91 Å². The lowest BCUT2D eigenvalue weighted by atomic mass is 10.2. The molecule has 0 atom stereocenters. The van der Waals surface area contributed by atoms with E-state index in [0.717, 1.165) is 6.42 Å². The quantitative estimate of drug-likeness (QED) is 0.777. The summed E-state index contributed by atoms with van der Waals surface area (Å²) in [6.45, 7) is 4.04. The summed E-state index contributed by atoms with van der Waals surface area (Å²) in [5.41, 5.74) is 6.62. The van der Waals surface area contributed by atoms with Crippen molar-refractivity contribution >= 4 is 21.4 Å². The van der Waals surface area contributed by atoms with Crippen molar-refractivity contribution in [3.63, 3.8) is 0 Å². The molecule has 0 saturated heterocycles. The molecular weight excluding hydrogens is 252 g/mol. The van der Waals surface area contributed by atoms with Crippen molar-refractivity contribution in [2.75, 3.05) is 18.0 Å². The Morgan fingerprint density at radius 3 is 2.61 bits per heavy atom. The minimum Gasteiger partial charge on any atom is -0.399 e. The van der Waals surface area contributed by atoms with Crippen LogP contribution in [0.5, 0.6) is 0 Å². The minimum atomic E-state index is -3.60. The topological polar surface area (TPSA) is 89.3 Å². The average Bonchev–Trinajstić information content (AvgIpc) is 2.25. The molecule has 0 aliphatic rings. The number of benzene rings is 1. The van der Waals surface area contributed by atoms with Gasteiger partial charge in [0.1, 0.15) is 5.75 Å². The maximum atomic E-state index is 12.0. The van der Waals surface area contributed by atoms with E-state index in [2.05, 4.69) is 5.32 Å². The first-order chi connectivity index (χ1) is 8.36. The molecule has 1 aromatic rings. The molecule has 0 aliphatic heterocycles. The minimum absolute atomic E-state index is 0.156. The standard InChI is InChI=1S/C12H18N2O3S/c1-3-6-14-12(15)8-18(16,17)11-5-4-10(13)7-9(11)2/h4-5,7H,3,6,8,13H2,1-2H3,(H,14,15). The fourth-order valence-corrected chi connectivity index (χ4v) is 3.01. The lowest BCUT2D eigenvalue weighted by Crippen LogP contribution is -2.31. The van der Waals surface area contributed by atoms with Crippen LogP contribution in [0, 0.1) is 6.92 Å². The first-order valence-corrected chi connectivity index (χ1v) is 7.37. The van der Waals surface area contributed by atoms with E-state index >= 15 is 0 Å². The molecule has 0 aliphatic carbocycles. The summed E-state index contributed by atoms with van der Waals surface area (Å²) < 4.78 is 24.1. The molecule has 100 valence electrons. The van der Waals surface area contributed by atoms with E-state index in [-0.39, 0.29) is 4.90 Å².